The van der Waals surface area contributed by atoms with Crippen LogP contribution in [0.2, 0.25) is 0 Å². The normalized spacial score (nSPS) is 12.6. The Hall–Kier alpha value is -3.08. The molecule has 0 saturated carbocycles. The van der Waals surface area contributed by atoms with Crippen molar-refractivity contribution < 1.29 is 0 Å². The first-order valence-corrected chi connectivity index (χ1v) is 9.70. The molecule has 0 fully saturated rings. The SMILES string of the molecule is CN=C(NCc1nccn1Cc1ccccc1)NCC(C)c1ccc(C)cc1. The number of benzene rings is 2. The van der Waals surface area contributed by atoms with Crippen molar-refractivity contribution in [1.29, 1.82) is 0 Å². The molecule has 146 valence electrons. The zero-order valence-corrected chi connectivity index (χ0v) is 16.9. The lowest BCUT2D eigenvalue weighted by molar-refractivity contribution is 0.669. The van der Waals surface area contributed by atoms with E-state index in [-0.39, 0.29) is 0 Å². The molecule has 0 aliphatic carbocycles. The number of hydrogen-bond acceptors (Lipinski definition) is 2. The Balaban J connectivity index is 1.52. The van der Waals surface area contributed by atoms with Crippen molar-refractivity contribution in [3.05, 3.63) is 89.5 Å². The molecular formula is C23H29N5. The highest BCUT2D eigenvalue weighted by Gasteiger charge is 2.08. The van der Waals surface area contributed by atoms with Crippen molar-refractivity contribution in [3.63, 3.8) is 0 Å². The first-order chi connectivity index (χ1) is 13.7. The Bertz CT molecular complexity index is 881. The van der Waals surface area contributed by atoms with Crippen molar-refractivity contribution in [1.82, 2.24) is 20.2 Å². The molecule has 2 N–H and O–H groups in total. The number of rotatable bonds is 7. The Morgan fingerprint density at radius 2 is 1.82 bits per heavy atom. The van der Waals surface area contributed by atoms with Gasteiger partial charge >= 0.3 is 0 Å². The standard InChI is InChI=1S/C23H29N5/c1-18-9-11-21(12-10-18)19(2)15-26-23(24-3)27-16-22-25-13-14-28(22)17-20-7-5-4-6-8-20/h4-14,19H,15-17H2,1-3H3,(H2,24,26,27). The highest BCUT2D eigenvalue weighted by molar-refractivity contribution is 5.79. The van der Waals surface area contributed by atoms with Gasteiger partial charge in [-0.3, -0.25) is 4.99 Å². The van der Waals surface area contributed by atoms with Crippen LogP contribution in [-0.4, -0.2) is 29.1 Å². The van der Waals surface area contributed by atoms with E-state index in [9.17, 15) is 0 Å². The van der Waals surface area contributed by atoms with E-state index < -0.39 is 0 Å². The summed E-state index contributed by atoms with van der Waals surface area (Å²) >= 11 is 0. The summed E-state index contributed by atoms with van der Waals surface area (Å²) in [5.74, 6) is 2.17. The molecule has 0 aliphatic heterocycles. The molecule has 1 unspecified atom stereocenters. The fourth-order valence-electron chi connectivity index (χ4n) is 3.08. The van der Waals surface area contributed by atoms with Crippen LogP contribution in [0.3, 0.4) is 0 Å². The summed E-state index contributed by atoms with van der Waals surface area (Å²) in [5.41, 5.74) is 3.87. The average molecular weight is 376 g/mol. The Morgan fingerprint density at radius 1 is 1.07 bits per heavy atom. The molecule has 2 aromatic carbocycles. The second kappa shape index (κ2) is 9.74. The van der Waals surface area contributed by atoms with Gasteiger partial charge in [0.15, 0.2) is 5.96 Å². The van der Waals surface area contributed by atoms with Gasteiger partial charge in [0.05, 0.1) is 6.54 Å². The maximum atomic E-state index is 4.49. The third-order valence-electron chi connectivity index (χ3n) is 4.86. The van der Waals surface area contributed by atoms with Crippen LogP contribution in [0.15, 0.2) is 72.0 Å². The lowest BCUT2D eigenvalue weighted by Gasteiger charge is -2.17. The van der Waals surface area contributed by atoms with Crippen LogP contribution in [0.5, 0.6) is 0 Å². The largest absolute Gasteiger partial charge is 0.356 e. The molecule has 0 bridgehead atoms. The molecule has 0 aliphatic rings. The molecule has 0 radical (unpaired) electrons. The van der Waals surface area contributed by atoms with Gasteiger partial charge in [0, 0.05) is 32.5 Å². The fourth-order valence-corrected chi connectivity index (χ4v) is 3.08. The highest BCUT2D eigenvalue weighted by Crippen LogP contribution is 2.14. The van der Waals surface area contributed by atoms with Crippen LogP contribution in [0.1, 0.15) is 35.4 Å². The van der Waals surface area contributed by atoms with Crippen LogP contribution in [0.4, 0.5) is 0 Å². The zero-order valence-electron chi connectivity index (χ0n) is 16.9. The van der Waals surface area contributed by atoms with Crippen LogP contribution in [0.25, 0.3) is 0 Å². The molecule has 28 heavy (non-hydrogen) atoms. The van der Waals surface area contributed by atoms with Gasteiger partial charge in [0.25, 0.3) is 0 Å². The average Bonchev–Trinajstić information content (AvgIpc) is 3.16. The molecule has 0 amide bonds. The minimum atomic E-state index is 0.402. The predicted molar refractivity (Wildman–Crippen MR) is 116 cm³/mol. The van der Waals surface area contributed by atoms with Crippen LogP contribution >= 0.6 is 0 Å². The van der Waals surface area contributed by atoms with Gasteiger partial charge in [0.1, 0.15) is 5.82 Å². The van der Waals surface area contributed by atoms with E-state index in [2.05, 4.69) is 87.6 Å². The van der Waals surface area contributed by atoms with E-state index in [1.807, 2.05) is 18.5 Å². The Kier molecular flexibility index (Phi) is 6.84. The molecule has 3 rings (SSSR count). The van der Waals surface area contributed by atoms with E-state index in [1.54, 1.807) is 7.05 Å². The zero-order chi connectivity index (χ0) is 19.8. The predicted octanol–water partition coefficient (Wildman–Crippen LogP) is 3.71. The maximum absolute atomic E-state index is 4.49. The number of aryl methyl sites for hydroxylation is 1. The quantitative estimate of drug-likeness (QED) is 0.489. The second-order valence-corrected chi connectivity index (χ2v) is 7.08. The van der Waals surface area contributed by atoms with Crippen molar-refractivity contribution in [2.75, 3.05) is 13.6 Å². The van der Waals surface area contributed by atoms with Crippen molar-refractivity contribution in [2.45, 2.75) is 32.9 Å². The number of nitrogens with one attached hydrogen (secondary N) is 2. The number of imidazole rings is 1. The Morgan fingerprint density at radius 3 is 2.54 bits per heavy atom. The van der Waals surface area contributed by atoms with Gasteiger partial charge in [-0.05, 0) is 24.0 Å². The smallest absolute Gasteiger partial charge is 0.191 e. The van der Waals surface area contributed by atoms with Crippen molar-refractivity contribution >= 4 is 5.96 Å². The van der Waals surface area contributed by atoms with E-state index >= 15 is 0 Å². The van der Waals surface area contributed by atoms with Gasteiger partial charge in [0.2, 0.25) is 0 Å². The topological polar surface area (TPSA) is 54.2 Å². The summed E-state index contributed by atoms with van der Waals surface area (Å²) in [5, 5.41) is 6.79. The molecule has 3 aromatic rings. The van der Waals surface area contributed by atoms with E-state index in [1.165, 1.54) is 16.7 Å². The first kappa shape index (κ1) is 19.7. The molecule has 1 atom stereocenters. The molecule has 5 heteroatoms. The van der Waals surface area contributed by atoms with Crippen LogP contribution in [0, 0.1) is 6.92 Å². The van der Waals surface area contributed by atoms with Crippen molar-refractivity contribution in [2.24, 2.45) is 4.99 Å². The third kappa shape index (κ3) is 5.46. The molecular weight excluding hydrogens is 346 g/mol. The van der Waals surface area contributed by atoms with Gasteiger partial charge in [-0.15, -0.1) is 0 Å². The van der Waals surface area contributed by atoms with E-state index in [0.717, 1.165) is 24.9 Å². The minimum absolute atomic E-state index is 0.402. The summed E-state index contributed by atoms with van der Waals surface area (Å²) in [7, 11) is 1.79. The molecule has 1 heterocycles. The number of hydrogen-bond donors (Lipinski definition) is 2. The summed E-state index contributed by atoms with van der Waals surface area (Å²) < 4.78 is 2.16. The van der Waals surface area contributed by atoms with Crippen molar-refractivity contribution in [3.8, 4) is 0 Å². The third-order valence-corrected chi connectivity index (χ3v) is 4.86. The molecule has 0 spiro atoms. The summed E-state index contributed by atoms with van der Waals surface area (Å²) in [4.78, 5) is 8.83. The summed E-state index contributed by atoms with van der Waals surface area (Å²) in [6.07, 6.45) is 3.86. The number of aliphatic imine (C=N–C) groups is 1. The lowest BCUT2D eigenvalue weighted by Crippen LogP contribution is -2.39. The summed E-state index contributed by atoms with van der Waals surface area (Å²) in [6.45, 7) is 6.59. The Labute approximate surface area is 167 Å². The van der Waals surface area contributed by atoms with Gasteiger partial charge in [-0.2, -0.15) is 0 Å². The summed E-state index contributed by atoms with van der Waals surface area (Å²) in [6, 6.07) is 19.1. The first-order valence-electron chi connectivity index (χ1n) is 9.70. The fraction of sp³-hybridized carbons (Fsp3) is 0.304. The monoisotopic (exact) mass is 375 g/mol. The minimum Gasteiger partial charge on any atom is -0.356 e. The van der Waals surface area contributed by atoms with Crippen LogP contribution < -0.4 is 10.6 Å². The number of nitrogens with zero attached hydrogens (tertiary/aromatic N) is 3. The second-order valence-electron chi connectivity index (χ2n) is 7.08. The highest BCUT2D eigenvalue weighted by atomic mass is 15.2. The molecule has 5 nitrogen and oxygen atoms in total. The van der Waals surface area contributed by atoms with E-state index in [0.29, 0.717) is 12.5 Å². The molecule has 1 aromatic heterocycles. The van der Waals surface area contributed by atoms with E-state index in [4.69, 9.17) is 0 Å². The van der Waals surface area contributed by atoms with Gasteiger partial charge in [-0.25, -0.2) is 4.98 Å². The van der Waals surface area contributed by atoms with Crippen LogP contribution in [-0.2, 0) is 13.1 Å². The molecule has 0 saturated heterocycles. The van der Waals surface area contributed by atoms with Gasteiger partial charge in [-0.1, -0.05) is 67.1 Å². The maximum Gasteiger partial charge on any atom is 0.191 e. The lowest BCUT2D eigenvalue weighted by atomic mass is 10.0. The van der Waals surface area contributed by atoms with Gasteiger partial charge < -0.3 is 15.2 Å². The number of guanidine groups is 1. The number of aromatic nitrogens is 2.